The summed E-state index contributed by atoms with van der Waals surface area (Å²) in [5.74, 6) is 0.729. The highest BCUT2D eigenvalue weighted by Crippen LogP contribution is 2.32. The number of carbonyl (C=O) groups excluding carboxylic acids is 1. The lowest BCUT2D eigenvalue weighted by Gasteiger charge is -2.31. The lowest BCUT2D eigenvalue weighted by atomic mass is 9.89. The molecule has 94 valence electrons. The molecule has 1 aliphatic rings. The molecule has 1 amide bonds. The second-order valence-electron chi connectivity index (χ2n) is 4.92. The first-order chi connectivity index (χ1) is 8.75. The van der Waals surface area contributed by atoms with Gasteiger partial charge >= 0.3 is 0 Å². The first-order valence-corrected chi connectivity index (χ1v) is 6.43. The van der Waals surface area contributed by atoms with Gasteiger partial charge in [0.05, 0.1) is 0 Å². The van der Waals surface area contributed by atoms with E-state index in [1.54, 1.807) is 13.1 Å². The number of pyridine rings is 1. The molecule has 3 heterocycles. The Morgan fingerprint density at radius 1 is 1.44 bits per heavy atom. The molecule has 0 aromatic carbocycles. The van der Waals surface area contributed by atoms with Crippen molar-refractivity contribution in [2.24, 2.45) is 0 Å². The molecule has 1 aliphatic heterocycles. The maximum absolute atomic E-state index is 11.3. The molecule has 0 atom stereocenters. The quantitative estimate of drug-likeness (QED) is 0.835. The summed E-state index contributed by atoms with van der Waals surface area (Å²) in [5, 5.41) is 1.22. The second kappa shape index (κ2) is 4.44. The third-order valence-corrected chi connectivity index (χ3v) is 3.86. The molecular weight excluding hydrogens is 226 g/mol. The largest absolute Gasteiger partial charge is 0.346 e. The summed E-state index contributed by atoms with van der Waals surface area (Å²) in [6.45, 7) is 3.38. The lowest BCUT2D eigenvalue weighted by Crippen LogP contribution is -2.36. The number of rotatable bonds is 1. The number of H-pyrrole nitrogens is 1. The van der Waals surface area contributed by atoms with E-state index in [1.165, 1.54) is 10.9 Å². The van der Waals surface area contributed by atoms with Crippen molar-refractivity contribution in [1.29, 1.82) is 0 Å². The fourth-order valence-electron chi connectivity index (χ4n) is 2.82. The molecule has 1 saturated heterocycles. The van der Waals surface area contributed by atoms with Gasteiger partial charge in [0.1, 0.15) is 5.65 Å². The number of aromatic nitrogens is 2. The average molecular weight is 243 g/mol. The van der Waals surface area contributed by atoms with E-state index < -0.39 is 0 Å². The fourth-order valence-corrected chi connectivity index (χ4v) is 2.82. The van der Waals surface area contributed by atoms with Crippen LogP contribution >= 0.6 is 0 Å². The van der Waals surface area contributed by atoms with Gasteiger partial charge in [-0.2, -0.15) is 0 Å². The van der Waals surface area contributed by atoms with Crippen LogP contribution in [0, 0.1) is 0 Å². The van der Waals surface area contributed by atoms with E-state index >= 15 is 0 Å². The molecule has 0 bridgehead atoms. The molecule has 18 heavy (non-hydrogen) atoms. The predicted molar refractivity (Wildman–Crippen MR) is 70.3 cm³/mol. The van der Waals surface area contributed by atoms with Gasteiger partial charge in [0, 0.05) is 37.8 Å². The first-order valence-electron chi connectivity index (χ1n) is 6.43. The number of aromatic amines is 1. The SMILES string of the molecule is CC(=O)N1CCC(c2c[nH]c3ncccc23)CC1. The van der Waals surface area contributed by atoms with Gasteiger partial charge < -0.3 is 9.88 Å². The van der Waals surface area contributed by atoms with Crippen LogP contribution in [0.2, 0.25) is 0 Å². The Balaban J connectivity index is 1.82. The number of amides is 1. The van der Waals surface area contributed by atoms with E-state index in [2.05, 4.69) is 22.2 Å². The summed E-state index contributed by atoms with van der Waals surface area (Å²) in [7, 11) is 0. The standard InChI is InChI=1S/C14H17N3O/c1-10(18)17-7-4-11(5-8-17)13-9-16-14-12(13)3-2-6-15-14/h2-3,6,9,11H,4-5,7-8H2,1H3,(H,15,16). The van der Waals surface area contributed by atoms with Crippen molar-refractivity contribution in [2.75, 3.05) is 13.1 Å². The minimum Gasteiger partial charge on any atom is -0.346 e. The number of likely N-dealkylation sites (tertiary alicyclic amines) is 1. The number of fused-ring (bicyclic) bond motifs is 1. The van der Waals surface area contributed by atoms with Gasteiger partial charge in [0.2, 0.25) is 5.91 Å². The highest BCUT2D eigenvalue weighted by Gasteiger charge is 2.23. The molecule has 0 spiro atoms. The Labute approximate surface area is 106 Å². The average Bonchev–Trinajstić information content (AvgIpc) is 2.82. The second-order valence-corrected chi connectivity index (χ2v) is 4.92. The maximum atomic E-state index is 11.3. The summed E-state index contributed by atoms with van der Waals surface area (Å²) >= 11 is 0. The fraction of sp³-hybridized carbons (Fsp3) is 0.429. The van der Waals surface area contributed by atoms with Crippen LogP contribution in [0.15, 0.2) is 24.5 Å². The van der Waals surface area contributed by atoms with Crippen LogP contribution in [-0.2, 0) is 4.79 Å². The van der Waals surface area contributed by atoms with Crippen LogP contribution in [-0.4, -0.2) is 33.9 Å². The highest BCUT2D eigenvalue weighted by molar-refractivity contribution is 5.80. The number of hydrogen-bond acceptors (Lipinski definition) is 2. The predicted octanol–water partition coefficient (Wildman–Crippen LogP) is 2.29. The Morgan fingerprint density at radius 2 is 2.22 bits per heavy atom. The molecule has 4 nitrogen and oxygen atoms in total. The van der Waals surface area contributed by atoms with Crippen LogP contribution in [0.3, 0.4) is 0 Å². The smallest absolute Gasteiger partial charge is 0.219 e. The molecule has 0 saturated carbocycles. The van der Waals surface area contributed by atoms with Crippen molar-refractivity contribution in [1.82, 2.24) is 14.9 Å². The molecule has 0 unspecified atom stereocenters. The van der Waals surface area contributed by atoms with E-state index in [0.717, 1.165) is 31.6 Å². The monoisotopic (exact) mass is 243 g/mol. The molecule has 4 heteroatoms. The number of hydrogen-bond donors (Lipinski definition) is 1. The molecule has 0 radical (unpaired) electrons. The molecule has 2 aromatic rings. The minimum atomic E-state index is 0.189. The highest BCUT2D eigenvalue weighted by atomic mass is 16.2. The van der Waals surface area contributed by atoms with Crippen molar-refractivity contribution < 1.29 is 4.79 Å². The van der Waals surface area contributed by atoms with Crippen molar-refractivity contribution in [3.8, 4) is 0 Å². The van der Waals surface area contributed by atoms with Gasteiger partial charge in [-0.25, -0.2) is 4.98 Å². The van der Waals surface area contributed by atoms with E-state index in [9.17, 15) is 4.79 Å². The number of piperidine rings is 1. The summed E-state index contributed by atoms with van der Waals surface area (Å²) in [5.41, 5.74) is 2.31. The zero-order valence-corrected chi connectivity index (χ0v) is 10.5. The molecule has 3 rings (SSSR count). The van der Waals surface area contributed by atoms with Crippen molar-refractivity contribution in [2.45, 2.75) is 25.7 Å². The minimum absolute atomic E-state index is 0.189. The summed E-state index contributed by atoms with van der Waals surface area (Å²) in [4.78, 5) is 20.8. The van der Waals surface area contributed by atoms with Crippen LogP contribution in [0.25, 0.3) is 11.0 Å². The van der Waals surface area contributed by atoms with E-state index in [-0.39, 0.29) is 5.91 Å². The van der Waals surface area contributed by atoms with Crippen LogP contribution in [0.5, 0.6) is 0 Å². The third-order valence-electron chi connectivity index (χ3n) is 3.86. The Hall–Kier alpha value is -1.84. The summed E-state index contributed by atoms with van der Waals surface area (Å²) in [6.07, 6.45) is 5.97. The zero-order chi connectivity index (χ0) is 12.5. The normalized spacial score (nSPS) is 17.3. The van der Waals surface area contributed by atoms with E-state index in [0.29, 0.717) is 5.92 Å². The molecule has 1 N–H and O–H groups in total. The number of nitrogens with zero attached hydrogens (tertiary/aromatic N) is 2. The van der Waals surface area contributed by atoms with Gasteiger partial charge in [-0.15, -0.1) is 0 Å². The van der Waals surface area contributed by atoms with Crippen LogP contribution in [0.1, 0.15) is 31.2 Å². The summed E-state index contributed by atoms with van der Waals surface area (Å²) < 4.78 is 0. The van der Waals surface area contributed by atoms with Gasteiger partial charge in [0.25, 0.3) is 0 Å². The van der Waals surface area contributed by atoms with Crippen molar-refractivity contribution >= 4 is 16.9 Å². The van der Waals surface area contributed by atoms with Crippen molar-refractivity contribution in [3.63, 3.8) is 0 Å². The lowest BCUT2D eigenvalue weighted by molar-refractivity contribution is -0.129. The maximum Gasteiger partial charge on any atom is 0.219 e. The van der Waals surface area contributed by atoms with Crippen LogP contribution < -0.4 is 0 Å². The molecule has 1 fully saturated rings. The number of carbonyl (C=O) groups is 1. The molecule has 0 aliphatic carbocycles. The molecule has 2 aromatic heterocycles. The van der Waals surface area contributed by atoms with Crippen molar-refractivity contribution in [3.05, 3.63) is 30.1 Å². The van der Waals surface area contributed by atoms with E-state index in [4.69, 9.17) is 0 Å². The van der Waals surface area contributed by atoms with Gasteiger partial charge in [-0.3, -0.25) is 4.79 Å². The summed E-state index contributed by atoms with van der Waals surface area (Å²) in [6, 6.07) is 4.09. The van der Waals surface area contributed by atoms with Crippen LogP contribution in [0.4, 0.5) is 0 Å². The zero-order valence-electron chi connectivity index (χ0n) is 10.5. The Morgan fingerprint density at radius 3 is 2.94 bits per heavy atom. The number of nitrogens with one attached hydrogen (secondary N) is 1. The van der Waals surface area contributed by atoms with Gasteiger partial charge in [-0.1, -0.05) is 0 Å². The van der Waals surface area contributed by atoms with Gasteiger partial charge in [0.15, 0.2) is 0 Å². The first kappa shape index (κ1) is 11.3. The third kappa shape index (κ3) is 1.88. The van der Waals surface area contributed by atoms with Gasteiger partial charge in [-0.05, 0) is 36.5 Å². The topological polar surface area (TPSA) is 49.0 Å². The Kier molecular flexibility index (Phi) is 2.78. The van der Waals surface area contributed by atoms with E-state index in [1.807, 2.05) is 11.0 Å². The Bertz CT molecular complexity index is 567. The molecular formula is C14H17N3O.